The van der Waals surface area contributed by atoms with E-state index in [9.17, 15) is 13.6 Å². The van der Waals surface area contributed by atoms with Gasteiger partial charge in [0.25, 0.3) is 5.91 Å². The van der Waals surface area contributed by atoms with E-state index in [0.717, 1.165) is 32.5 Å². The van der Waals surface area contributed by atoms with E-state index < -0.39 is 17.5 Å². The summed E-state index contributed by atoms with van der Waals surface area (Å²) in [5.41, 5.74) is 1.92. The molecule has 2 heterocycles. The summed E-state index contributed by atoms with van der Waals surface area (Å²) in [6, 6.07) is 3.00. The second-order valence-corrected chi connectivity index (χ2v) is 6.40. The second-order valence-electron chi connectivity index (χ2n) is 4.81. The zero-order chi connectivity index (χ0) is 15.1. The van der Waals surface area contributed by atoms with Crippen LogP contribution in [0.5, 0.6) is 0 Å². The zero-order valence-corrected chi connectivity index (χ0v) is 13.9. The fourth-order valence-electron chi connectivity index (χ4n) is 2.43. The molecule has 0 bridgehead atoms. The summed E-state index contributed by atoms with van der Waals surface area (Å²) in [6.45, 7) is 0.871. The van der Waals surface area contributed by atoms with Crippen LogP contribution in [-0.4, -0.2) is 22.3 Å². The average Bonchev–Trinajstić information content (AvgIpc) is 2.73. The first-order valence-corrected chi connectivity index (χ1v) is 7.85. The van der Waals surface area contributed by atoms with Crippen molar-refractivity contribution in [1.29, 1.82) is 0 Å². The van der Waals surface area contributed by atoms with Gasteiger partial charge in [-0.15, -0.1) is 0 Å². The van der Waals surface area contributed by atoms with Crippen molar-refractivity contribution in [3.63, 3.8) is 0 Å². The Morgan fingerprint density at radius 3 is 2.76 bits per heavy atom. The molecule has 110 valence electrons. The summed E-state index contributed by atoms with van der Waals surface area (Å²) in [6.07, 6.45) is 0.661. The van der Waals surface area contributed by atoms with Gasteiger partial charge >= 0.3 is 0 Å². The van der Waals surface area contributed by atoms with E-state index in [1.165, 1.54) is 6.07 Å². The minimum Gasteiger partial charge on any atom is -0.352 e. The van der Waals surface area contributed by atoms with Gasteiger partial charge in [-0.2, -0.15) is 0 Å². The lowest BCUT2D eigenvalue weighted by Gasteiger charge is -2.27. The lowest BCUT2D eigenvalue weighted by molar-refractivity contribution is 0.0729. The number of carbonyl (C=O) groups is 1. The molecule has 0 saturated carbocycles. The SMILES string of the molecule is O=C(c1ccc(F)cc1F)N1CCc2[nH]c(Br)c(Br)c2C1. The molecule has 0 fully saturated rings. The second kappa shape index (κ2) is 5.53. The Hall–Kier alpha value is -1.21. The highest BCUT2D eigenvalue weighted by atomic mass is 79.9. The molecule has 7 heteroatoms. The summed E-state index contributed by atoms with van der Waals surface area (Å²) in [7, 11) is 0. The number of fused-ring (bicyclic) bond motifs is 1. The summed E-state index contributed by atoms with van der Waals surface area (Å²) >= 11 is 6.84. The number of carbonyl (C=O) groups excluding carboxylic acids is 1. The van der Waals surface area contributed by atoms with Gasteiger partial charge in [-0.3, -0.25) is 4.79 Å². The fourth-order valence-corrected chi connectivity index (χ4v) is 3.37. The molecule has 1 aliphatic heterocycles. The van der Waals surface area contributed by atoms with E-state index in [2.05, 4.69) is 36.8 Å². The molecule has 3 rings (SSSR count). The number of aromatic amines is 1. The quantitative estimate of drug-likeness (QED) is 0.744. The lowest BCUT2D eigenvalue weighted by atomic mass is 10.1. The van der Waals surface area contributed by atoms with Crippen LogP contribution in [-0.2, 0) is 13.0 Å². The van der Waals surface area contributed by atoms with Gasteiger partial charge in [0.2, 0.25) is 0 Å². The number of H-pyrrole nitrogens is 1. The molecule has 21 heavy (non-hydrogen) atoms. The maximum atomic E-state index is 13.7. The maximum absolute atomic E-state index is 13.7. The predicted octanol–water partition coefficient (Wildman–Crippen LogP) is 4.02. The van der Waals surface area contributed by atoms with Crippen molar-refractivity contribution >= 4 is 37.8 Å². The Bertz CT molecular complexity index is 730. The molecule has 0 atom stereocenters. The van der Waals surface area contributed by atoms with Crippen molar-refractivity contribution in [3.8, 4) is 0 Å². The van der Waals surface area contributed by atoms with E-state index in [-0.39, 0.29) is 5.56 Å². The van der Waals surface area contributed by atoms with Crippen LogP contribution in [0.25, 0.3) is 0 Å². The smallest absolute Gasteiger partial charge is 0.257 e. The Labute approximate surface area is 136 Å². The van der Waals surface area contributed by atoms with Gasteiger partial charge in [0, 0.05) is 36.8 Å². The molecule has 1 aromatic heterocycles. The van der Waals surface area contributed by atoms with Crippen LogP contribution in [0.1, 0.15) is 21.6 Å². The van der Waals surface area contributed by atoms with Crippen LogP contribution in [0.15, 0.2) is 27.3 Å². The summed E-state index contributed by atoms with van der Waals surface area (Å²) in [4.78, 5) is 17.1. The van der Waals surface area contributed by atoms with Gasteiger partial charge < -0.3 is 9.88 Å². The molecule has 1 amide bonds. The average molecular weight is 420 g/mol. The maximum Gasteiger partial charge on any atom is 0.257 e. The number of rotatable bonds is 1. The van der Waals surface area contributed by atoms with Crippen LogP contribution in [0.2, 0.25) is 0 Å². The lowest BCUT2D eigenvalue weighted by Crippen LogP contribution is -2.36. The van der Waals surface area contributed by atoms with E-state index >= 15 is 0 Å². The van der Waals surface area contributed by atoms with E-state index in [1.54, 1.807) is 4.90 Å². The normalized spacial score (nSPS) is 14.2. The predicted molar refractivity (Wildman–Crippen MR) is 81.0 cm³/mol. The van der Waals surface area contributed by atoms with E-state index in [1.807, 2.05) is 0 Å². The van der Waals surface area contributed by atoms with Gasteiger partial charge in [0.15, 0.2) is 0 Å². The number of halogens is 4. The summed E-state index contributed by atoms with van der Waals surface area (Å²) < 4.78 is 28.3. The minimum absolute atomic E-state index is 0.106. The third kappa shape index (κ3) is 2.64. The number of nitrogens with zero attached hydrogens (tertiary/aromatic N) is 1. The highest BCUT2D eigenvalue weighted by molar-refractivity contribution is 9.13. The Morgan fingerprint density at radius 2 is 2.05 bits per heavy atom. The highest BCUT2D eigenvalue weighted by Crippen LogP contribution is 2.33. The molecule has 3 nitrogen and oxygen atoms in total. The van der Waals surface area contributed by atoms with Gasteiger partial charge in [0.05, 0.1) is 14.6 Å². The molecule has 0 spiro atoms. The third-order valence-corrected chi connectivity index (χ3v) is 5.51. The number of hydrogen-bond acceptors (Lipinski definition) is 1. The van der Waals surface area contributed by atoms with Crippen LogP contribution >= 0.6 is 31.9 Å². The van der Waals surface area contributed by atoms with Crippen molar-refractivity contribution < 1.29 is 13.6 Å². The largest absolute Gasteiger partial charge is 0.352 e. The topological polar surface area (TPSA) is 36.1 Å². The number of amides is 1. The number of nitrogens with one attached hydrogen (secondary N) is 1. The highest BCUT2D eigenvalue weighted by Gasteiger charge is 2.27. The molecule has 1 aliphatic rings. The zero-order valence-electron chi connectivity index (χ0n) is 10.7. The molecule has 0 radical (unpaired) electrons. The standard InChI is InChI=1S/C14H10Br2F2N2O/c15-12-9-6-20(4-3-11(9)19-13(12)16)14(21)8-2-1-7(17)5-10(8)18/h1-2,5,19H,3-4,6H2. The van der Waals surface area contributed by atoms with Gasteiger partial charge in [-0.05, 0) is 44.0 Å². The molecular formula is C14H10Br2F2N2O. The fraction of sp³-hybridized carbons (Fsp3) is 0.214. The molecular weight excluding hydrogens is 410 g/mol. The van der Waals surface area contributed by atoms with Crippen molar-refractivity contribution in [2.24, 2.45) is 0 Å². The molecule has 1 aromatic carbocycles. The molecule has 2 aromatic rings. The summed E-state index contributed by atoms with van der Waals surface area (Å²) in [5, 5.41) is 0. The summed E-state index contributed by atoms with van der Waals surface area (Å²) in [5.74, 6) is -1.95. The Kier molecular flexibility index (Phi) is 3.88. The number of aromatic nitrogens is 1. The molecule has 0 unspecified atom stereocenters. The van der Waals surface area contributed by atoms with Crippen molar-refractivity contribution in [2.45, 2.75) is 13.0 Å². The Balaban J connectivity index is 1.88. The molecule has 0 aliphatic carbocycles. The van der Waals surface area contributed by atoms with Crippen LogP contribution in [0.3, 0.4) is 0 Å². The first-order valence-electron chi connectivity index (χ1n) is 6.26. The minimum atomic E-state index is -0.833. The monoisotopic (exact) mass is 418 g/mol. The number of benzene rings is 1. The van der Waals surface area contributed by atoms with E-state index in [4.69, 9.17) is 0 Å². The molecule has 1 N–H and O–H groups in total. The van der Waals surface area contributed by atoms with Crippen molar-refractivity contribution in [3.05, 3.63) is 55.7 Å². The van der Waals surface area contributed by atoms with Crippen molar-refractivity contribution in [1.82, 2.24) is 9.88 Å². The van der Waals surface area contributed by atoms with Crippen LogP contribution < -0.4 is 0 Å². The van der Waals surface area contributed by atoms with E-state index in [0.29, 0.717) is 19.5 Å². The van der Waals surface area contributed by atoms with Gasteiger partial charge in [-0.1, -0.05) is 0 Å². The first-order chi connectivity index (χ1) is 9.97. The Morgan fingerprint density at radius 1 is 1.29 bits per heavy atom. The van der Waals surface area contributed by atoms with Gasteiger partial charge in [0.1, 0.15) is 11.6 Å². The molecule has 0 saturated heterocycles. The first kappa shape index (κ1) is 14.7. The van der Waals surface area contributed by atoms with Gasteiger partial charge in [-0.25, -0.2) is 8.78 Å². The number of hydrogen-bond donors (Lipinski definition) is 1. The third-order valence-electron chi connectivity index (χ3n) is 3.51. The van der Waals surface area contributed by atoms with Crippen LogP contribution in [0, 0.1) is 11.6 Å². The van der Waals surface area contributed by atoms with Crippen LogP contribution in [0.4, 0.5) is 8.78 Å². The van der Waals surface area contributed by atoms with Crippen molar-refractivity contribution in [2.75, 3.05) is 6.54 Å².